The van der Waals surface area contributed by atoms with Crippen LogP contribution in [0.25, 0.3) is 0 Å². The molecular formula is C14H19NO4S. The number of amides is 1. The van der Waals surface area contributed by atoms with Crippen molar-refractivity contribution < 1.29 is 18.9 Å². The summed E-state index contributed by atoms with van der Waals surface area (Å²) in [7, 11) is -1.70. The molecule has 6 heteroatoms. The van der Waals surface area contributed by atoms with Gasteiger partial charge in [0, 0.05) is 6.54 Å². The molecule has 1 aromatic carbocycles. The number of hydrogen-bond acceptors (Lipinski definition) is 3. The molecule has 1 aromatic rings. The third-order valence-electron chi connectivity index (χ3n) is 2.71. The summed E-state index contributed by atoms with van der Waals surface area (Å²) in [5, 5.41) is 11.0. The van der Waals surface area contributed by atoms with E-state index in [-0.39, 0.29) is 16.4 Å². The lowest BCUT2D eigenvalue weighted by atomic mass is 10.2. The fourth-order valence-electron chi connectivity index (χ4n) is 1.55. The van der Waals surface area contributed by atoms with Crippen LogP contribution in [-0.4, -0.2) is 33.0 Å². The SMILES string of the molecule is CC(C)CNC(=O)C(C)S(=O)c1ccccc1C(=O)O. The molecule has 0 spiro atoms. The molecule has 5 nitrogen and oxygen atoms in total. The highest BCUT2D eigenvalue weighted by Gasteiger charge is 2.24. The summed E-state index contributed by atoms with van der Waals surface area (Å²) in [5.41, 5.74) is -0.0330. The monoisotopic (exact) mass is 297 g/mol. The van der Waals surface area contributed by atoms with E-state index >= 15 is 0 Å². The van der Waals surface area contributed by atoms with Crippen molar-refractivity contribution in [1.29, 1.82) is 0 Å². The number of rotatable bonds is 6. The van der Waals surface area contributed by atoms with Gasteiger partial charge in [-0.2, -0.15) is 0 Å². The molecule has 0 saturated carbocycles. The predicted molar refractivity (Wildman–Crippen MR) is 77.1 cm³/mol. The van der Waals surface area contributed by atoms with Gasteiger partial charge in [-0.15, -0.1) is 0 Å². The summed E-state index contributed by atoms with van der Waals surface area (Å²) in [6, 6.07) is 6.03. The van der Waals surface area contributed by atoms with Crippen LogP contribution in [0.5, 0.6) is 0 Å². The lowest BCUT2D eigenvalue weighted by Crippen LogP contribution is -2.37. The van der Waals surface area contributed by atoms with Gasteiger partial charge in [0.05, 0.1) is 21.3 Å². The van der Waals surface area contributed by atoms with Crippen LogP contribution in [0.4, 0.5) is 0 Å². The van der Waals surface area contributed by atoms with E-state index in [1.54, 1.807) is 12.1 Å². The lowest BCUT2D eigenvalue weighted by Gasteiger charge is -2.14. The zero-order valence-electron chi connectivity index (χ0n) is 11.8. The Balaban J connectivity index is 2.89. The molecule has 0 saturated heterocycles. The van der Waals surface area contributed by atoms with Gasteiger partial charge in [-0.25, -0.2) is 4.79 Å². The number of benzene rings is 1. The zero-order chi connectivity index (χ0) is 15.3. The highest BCUT2D eigenvalue weighted by atomic mass is 32.2. The minimum absolute atomic E-state index is 0.0330. The van der Waals surface area contributed by atoms with Crippen molar-refractivity contribution in [2.24, 2.45) is 5.92 Å². The van der Waals surface area contributed by atoms with Gasteiger partial charge in [-0.05, 0) is 25.0 Å². The highest BCUT2D eigenvalue weighted by Crippen LogP contribution is 2.17. The fourth-order valence-corrected chi connectivity index (χ4v) is 2.80. The number of aromatic carboxylic acids is 1. The molecule has 2 atom stereocenters. The summed E-state index contributed by atoms with van der Waals surface area (Å²) >= 11 is 0. The number of nitrogens with one attached hydrogen (secondary N) is 1. The Bertz CT molecular complexity index is 528. The van der Waals surface area contributed by atoms with E-state index in [1.807, 2.05) is 13.8 Å². The van der Waals surface area contributed by atoms with Gasteiger partial charge in [0.15, 0.2) is 0 Å². The molecule has 2 N–H and O–H groups in total. The van der Waals surface area contributed by atoms with E-state index in [1.165, 1.54) is 19.1 Å². The Morgan fingerprint density at radius 1 is 1.25 bits per heavy atom. The van der Waals surface area contributed by atoms with Gasteiger partial charge >= 0.3 is 5.97 Å². The fraction of sp³-hybridized carbons (Fsp3) is 0.429. The van der Waals surface area contributed by atoms with Crippen molar-refractivity contribution in [3.05, 3.63) is 29.8 Å². The average molecular weight is 297 g/mol. The largest absolute Gasteiger partial charge is 0.478 e. The molecule has 110 valence electrons. The van der Waals surface area contributed by atoms with Crippen LogP contribution in [0, 0.1) is 5.92 Å². The van der Waals surface area contributed by atoms with E-state index in [2.05, 4.69) is 5.32 Å². The summed E-state index contributed by atoms with van der Waals surface area (Å²) in [6.07, 6.45) is 0. The van der Waals surface area contributed by atoms with E-state index in [0.29, 0.717) is 12.5 Å². The predicted octanol–water partition coefficient (Wildman–Crippen LogP) is 1.65. The number of carboxylic acid groups (broad SMARTS) is 1. The van der Waals surface area contributed by atoms with Gasteiger partial charge in [0.2, 0.25) is 5.91 Å². The number of carbonyl (C=O) groups is 2. The Hall–Kier alpha value is -1.69. The molecule has 20 heavy (non-hydrogen) atoms. The third-order valence-corrected chi connectivity index (χ3v) is 4.35. The molecule has 1 rings (SSSR count). The van der Waals surface area contributed by atoms with Crippen LogP contribution >= 0.6 is 0 Å². The molecule has 0 aliphatic heterocycles. The molecular weight excluding hydrogens is 278 g/mol. The molecule has 0 radical (unpaired) electrons. The summed E-state index contributed by atoms with van der Waals surface area (Å²) in [6.45, 7) is 5.95. The average Bonchev–Trinajstić information content (AvgIpc) is 2.42. The second kappa shape index (κ2) is 7.19. The number of hydrogen-bond donors (Lipinski definition) is 2. The Morgan fingerprint density at radius 2 is 1.85 bits per heavy atom. The minimum atomic E-state index is -1.70. The summed E-state index contributed by atoms with van der Waals surface area (Å²) < 4.78 is 12.3. The van der Waals surface area contributed by atoms with Crippen LogP contribution < -0.4 is 5.32 Å². The van der Waals surface area contributed by atoms with Crippen molar-refractivity contribution in [2.75, 3.05) is 6.54 Å². The maximum atomic E-state index is 12.3. The van der Waals surface area contributed by atoms with Crippen LogP contribution in [0.3, 0.4) is 0 Å². The molecule has 0 bridgehead atoms. The third kappa shape index (κ3) is 4.16. The molecule has 0 aliphatic rings. The van der Waals surface area contributed by atoms with Gasteiger partial charge < -0.3 is 10.4 Å². The quantitative estimate of drug-likeness (QED) is 0.836. The van der Waals surface area contributed by atoms with E-state index in [4.69, 9.17) is 5.11 Å². The Kier molecular flexibility index (Phi) is 5.88. The molecule has 1 amide bonds. The van der Waals surface area contributed by atoms with Crippen molar-refractivity contribution in [3.63, 3.8) is 0 Å². The Labute approximate surface area is 120 Å². The van der Waals surface area contributed by atoms with Crippen molar-refractivity contribution in [2.45, 2.75) is 30.9 Å². The first kappa shape index (κ1) is 16.4. The first-order valence-corrected chi connectivity index (χ1v) is 7.56. The van der Waals surface area contributed by atoms with Gasteiger partial charge in [-0.3, -0.25) is 9.00 Å². The molecule has 0 aromatic heterocycles. The van der Waals surface area contributed by atoms with Crippen molar-refractivity contribution in [3.8, 4) is 0 Å². The lowest BCUT2D eigenvalue weighted by molar-refractivity contribution is -0.120. The van der Waals surface area contributed by atoms with E-state index in [9.17, 15) is 13.8 Å². The first-order valence-electron chi connectivity index (χ1n) is 6.35. The standard InChI is InChI=1S/C14H19NO4S/c1-9(2)8-15-13(16)10(3)20(19)12-7-5-4-6-11(12)14(17)18/h4-7,9-10H,8H2,1-3H3,(H,15,16)(H,17,18). The number of carboxylic acids is 1. The number of carbonyl (C=O) groups excluding carboxylic acids is 1. The van der Waals surface area contributed by atoms with E-state index < -0.39 is 22.0 Å². The second-order valence-electron chi connectivity index (χ2n) is 4.88. The highest BCUT2D eigenvalue weighted by molar-refractivity contribution is 7.86. The smallest absolute Gasteiger partial charge is 0.336 e. The molecule has 0 fully saturated rings. The normalized spacial score (nSPS) is 13.8. The van der Waals surface area contributed by atoms with Gasteiger partial charge in [-0.1, -0.05) is 26.0 Å². The first-order chi connectivity index (χ1) is 9.34. The van der Waals surface area contributed by atoms with Crippen LogP contribution in [-0.2, 0) is 15.6 Å². The zero-order valence-corrected chi connectivity index (χ0v) is 12.6. The van der Waals surface area contributed by atoms with Crippen molar-refractivity contribution in [1.82, 2.24) is 5.32 Å². The minimum Gasteiger partial charge on any atom is -0.478 e. The van der Waals surface area contributed by atoms with Crippen LogP contribution in [0.1, 0.15) is 31.1 Å². The molecule has 0 aliphatic carbocycles. The molecule has 0 heterocycles. The maximum absolute atomic E-state index is 12.3. The maximum Gasteiger partial charge on any atom is 0.336 e. The van der Waals surface area contributed by atoms with E-state index in [0.717, 1.165) is 0 Å². The van der Waals surface area contributed by atoms with Crippen LogP contribution in [0.15, 0.2) is 29.2 Å². The topological polar surface area (TPSA) is 83.5 Å². The summed E-state index contributed by atoms with van der Waals surface area (Å²) in [5.74, 6) is -1.19. The Morgan fingerprint density at radius 3 is 2.40 bits per heavy atom. The van der Waals surface area contributed by atoms with Gasteiger partial charge in [0.25, 0.3) is 0 Å². The second-order valence-corrected chi connectivity index (χ2v) is 6.62. The van der Waals surface area contributed by atoms with Crippen LogP contribution in [0.2, 0.25) is 0 Å². The summed E-state index contributed by atoms with van der Waals surface area (Å²) in [4.78, 5) is 23.2. The van der Waals surface area contributed by atoms with Crippen molar-refractivity contribution >= 4 is 22.7 Å². The van der Waals surface area contributed by atoms with Gasteiger partial charge in [0.1, 0.15) is 5.25 Å². The molecule has 2 unspecified atom stereocenters.